The smallest absolute Gasteiger partial charge is 0.251 e. The van der Waals surface area contributed by atoms with Crippen molar-refractivity contribution in [2.24, 2.45) is 0 Å². The second kappa shape index (κ2) is 7.45. The second-order valence-corrected chi connectivity index (χ2v) is 9.42. The molecule has 1 N–H and O–H groups in total. The first-order valence-electron chi connectivity index (χ1n) is 7.45. The summed E-state index contributed by atoms with van der Waals surface area (Å²) >= 11 is 0. The minimum atomic E-state index is -3.49. The highest BCUT2D eigenvalue weighted by Gasteiger charge is 2.27. The van der Waals surface area contributed by atoms with E-state index in [-0.39, 0.29) is 11.4 Å². The van der Waals surface area contributed by atoms with Crippen molar-refractivity contribution in [3.63, 3.8) is 0 Å². The summed E-state index contributed by atoms with van der Waals surface area (Å²) in [6.45, 7) is 1.12. The van der Waals surface area contributed by atoms with Gasteiger partial charge in [0.05, 0.1) is 4.90 Å². The van der Waals surface area contributed by atoms with Gasteiger partial charge in [-0.25, -0.2) is 16.8 Å². The Kier molecular flexibility index (Phi) is 5.79. The van der Waals surface area contributed by atoms with Gasteiger partial charge >= 0.3 is 0 Å². The summed E-state index contributed by atoms with van der Waals surface area (Å²) in [6, 6.07) is 5.71. The standard InChI is InChI=1S/C15H20N2O5S2/c1-23(19,20)12-4-9-16-15(18)13-5-7-14(8-6-13)24(21,22)17-10-2-3-11-17/h4-8,12H,2-3,9-11H2,1H3,(H,16,18)/b12-4+. The SMILES string of the molecule is CS(=O)(=O)/C=C/CNC(=O)c1ccc(S(=O)(=O)N2CCCC2)cc1. The lowest BCUT2D eigenvalue weighted by Crippen LogP contribution is -2.28. The van der Waals surface area contributed by atoms with Crippen molar-refractivity contribution in [2.45, 2.75) is 17.7 Å². The summed E-state index contributed by atoms with van der Waals surface area (Å²) in [7, 11) is -6.71. The first-order chi connectivity index (χ1) is 11.2. The van der Waals surface area contributed by atoms with Crippen LogP contribution in [0.15, 0.2) is 40.6 Å². The Morgan fingerprint density at radius 1 is 1.12 bits per heavy atom. The molecule has 1 aliphatic heterocycles. The van der Waals surface area contributed by atoms with E-state index in [1.165, 1.54) is 34.6 Å². The van der Waals surface area contributed by atoms with Gasteiger partial charge < -0.3 is 5.32 Å². The Bertz CT molecular complexity index is 821. The number of hydrogen-bond acceptors (Lipinski definition) is 5. The van der Waals surface area contributed by atoms with Crippen LogP contribution in [0, 0.1) is 0 Å². The maximum Gasteiger partial charge on any atom is 0.251 e. The van der Waals surface area contributed by atoms with Crippen LogP contribution in [0.1, 0.15) is 23.2 Å². The highest BCUT2D eigenvalue weighted by atomic mass is 32.2. The second-order valence-electron chi connectivity index (χ2n) is 5.55. The van der Waals surface area contributed by atoms with Crippen LogP contribution in [0.4, 0.5) is 0 Å². The number of rotatable bonds is 6. The van der Waals surface area contributed by atoms with E-state index in [1.807, 2.05) is 0 Å². The Hall–Kier alpha value is -1.71. The maximum absolute atomic E-state index is 12.4. The first-order valence-corrected chi connectivity index (χ1v) is 10.8. The van der Waals surface area contributed by atoms with Gasteiger partial charge in [-0.2, -0.15) is 4.31 Å². The molecule has 0 unspecified atom stereocenters. The quantitative estimate of drug-likeness (QED) is 0.794. The van der Waals surface area contributed by atoms with Gasteiger partial charge in [0, 0.05) is 36.9 Å². The van der Waals surface area contributed by atoms with E-state index < -0.39 is 25.8 Å². The van der Waals surface area contributed by atoms with E-state index >= 15 is 0 Å². The van der Waals surface area contributed by atoms with Gasteiger partial charge in [0.25, 0.3) is 5.91 Å². The van der Waals surface area contributed by atoms with Crippen molar-refractivity contribution < 1.29 is 21.6 Å². The molecular weight excluding hydrogens is 352 g/mol. The topological polar surface area (TPSA) is 101 Å². The fourth-order valence-corrected chi connectivity index (χ4v) is 4.30. The average Bonchev–Trinajstić information content (AvgIpc) is 3.06. The summed E-state index contributed by atoms with van der Waals surface area (Å²) in [5.74, 6) is -0.404. The van der Waals surface area contributed by atoms with Crippen LogP contribution in [-0.2, 0) is 19.9 Å². The van der Waals surface area contributed by atoms with Gasteiger partial charge in [0.2, 0.25) is 10.0 Å². The molecule has 1 aliphatic rings. The zero-order valence-corrected chi connectivity index (χ0v) is 14.9. The van der Waals surface area contributed by atoms with Crippen molar-refractivity contribution in [1.29, 1.82) is 0 Å². The number of carbonyl (C=O) groups excluding carboxylic acids is 1. The molecule has 132 valence electrons. The summed E-state index contributed by atoms with van der Waals surface area (Å²) in [6.07, 6.45) is 4.12. The zero-order valence-electron chi connectivity index (χ0n) is 13.3. The molecule has 1 aromatic carbocycles. The van der Waals surface area contributed by atoms with E-state index in [4.69, 9.17) is 0 Å². The van der Waals surface area contributed by atoms with Crippen molar-refractivity contribution >= 4 is 25.8 Å². The molecule has 0 saturated carbocycles. The third kappa shape index (κ3) is 4.89. The van der Waals surface area contributed by atoms with Crippen LogP contribution < -0.4 is 5.32 Å². The molecule has 1 heterocycles. The number of nitrogens with one attached hydrogen (secondary N) is 1. The normalized spacial score (nSPS) is 16.5. The molecule has 0 atom stereocenters. The summed E-state index contributed by atoms with van der Waals surface area (Å²) in [5, 5.41) is 3.55. The van der Waals surface area contributed by atoms with Gasteiger partial charge in [0.1, 0.15) is 0 Å². The number of nitrogens with zero attached hydrogens (tertiary/aromatic N) is 1. The van der Waals surface area contributed by atoms with Crippen LogP contribution >= 0.6 is 0 Å². The largest absolute Gasteiger partial charge is 0.349 e. The van der Waals surface area contributed by atoms with Gasteiger partial charge in [-0.3, -0.25) is 4.79 Å². The molecular formula is C15H20N2O5S2. The number of sulfonamides is 1. The first kappa shape index (κ1) is 18.6. The Morgan fingerprint density at radius 2 is 1.71 bits per heavy atom. The molecule has 0 aromatic heterocycles. The predicted molar refractivity (Wildman–Crippen MR) is 90.8 cm³/mol. The Morgan fingerprint density at radius 3 is 2.25 bits per heavy atom. The van der Waals surface area contributed by atoms with Crippen LogP contribution in [0.2, 0.25) is 0 Å². The molecule has 9 heteroatoms. The Labute approximate surface area is 142 Å². The van der Waals surface area contributed by atoms with Crippen molar-refractivity contribution in [3.05, 3.63) is 41.3 Å². The maximum atomic E-state index is 12.4. The molecule has 0 aliphatic carbocycles. The lowest BCUT2D eigenvalue weighted by Gasteiger charge is -2.15. The van der Waals surface area contributed by atoms with E-state index in [9.17, 15) is 21.6 Å². The number of carbonyl (C=O) groups is 1. The molecule has 1 saturated heterocycles. The van der Waals surface area contributed by atoms with E-state index in [1.54, 1.807) is 0 Å². The fraction of sp³-hybridized carbons (Fsp3) is 0.400. The number of benzene rings is 1. The molecule has 24 heavy (non-hydrogen) atoms. The summed E-state index contributed by atoms with van der Waals surface area (Å²) in [5.41, 5.74) is 0.308. The van der Waals surface area contributed by atoms with Gasteiger partial charge in [-0.1, -0.05) is 6.08 Å². The summed E-state index contributed by atoms with van der Waals surface area (Å²) < 4.78 is 48.1. The van der Waals surface area contributed by atoms with Crippen LogP contribution in [0.25, 0.3) is 0 Å². The molecule has 1 aromatic rings. The minimum absolute atomic E-state index is 0.0692. The molecule has 0 spiro atoms. The number of sulfone groups is 1. The van der Waals surface area contributed by atoms with E-state index in [0.717, 1.165) is 24.5 Å². The molecule has 0 radical (unpaired) electrons. The highest BCUT2D eigenvalue weighted by molar-refractivity contribution is 7.93. The van der Waals surface area contributed by atoms with Crippen LogP contribution in [0.5, 0.6) is 0 Å². The lowest BCUT2D eigenvalue weighted by molar-refractivity contribution is 0.0958. The third-order valence-electron chi connectivity index (χ3n) is 3.54. The van der Waals surface area contributed by atoms with Crippen molar-refractivity contribution in [1.82, 2.24) is 9.62 Å². The Balaban J connectivity index is 2.01. The van der Waals surface area contributed by atoms with Crippen molar-refractivity contribution in [3.8, 4) is 0 Å². The van der Waals surface area contributed by atoms with Gasteiger partial charge in [-0.15, -0.1) is 0 Å². The minimum Gasteiger partial charge on any atom is -0.349 e. The number of hydrogen-bond donors (Lipinski definition) is 1. The van der Waals surface area contributed by atoms with Crippen molar-refractivity contribution in [2.75, 3.05) is 25.9 Å². The highest BCUT2D eigenvalue weighted by Crippen LogP contribution is 2.21. The summed E-state index contributed by atoms with van der Waals surface area (Å²) in [4.78, 5) is 12.1. The molecule has 2 rings (SSSR count). The fourth-order valence-electron chi connectivity index (χ4n) is 2.33. The number of amides is 1. The lowest BCUT2D eigenvalue weighted by atomic mass is 10.2. The van der Waals surface area contributed by atoms with Gasteiger partial charge in [-0.05, 0) is 37.1 Å². The van der Waals surface area contributed by atoms with E-state index in [2.05, 4.69) is 5.32 Å². The molecule has 1 fully saturated rings. The molecule has 7 nitrogen and oxygen atoms in total. The molecule has 0 bridgehead atoms. The van der Waals surface area contributed by atoms with Gasteiger partial charge in [0.15, 0.2) is 9.84 Å². The van der Waals surface area contributed by atoms with Crippen LogP contribution in [-0.4, -0.2) is 52.9 Å². The monoisotopic (exact) mass is 372 g/mol. The average molecular weight is 372 g/mol. The predicted octanol–water partition coefficient (Wildman–Crippen LogP) is 0.759. The van der Waals surface area contributed by atoms with E-state index in [0.29, 0.717) is 18.7 Å². The molecule has 1 amide bonds. The third-order valence-corrected chi connectivity index (χ3v) is 6.14. The zero-order chi connectivity index (χ0) is 17.8. The van der Waals surface area contributed by atoms with Crippen LogP contribution in [0.3, 0.4) is 0 Å².